The second-order valence-corrected chi connectivity index (χ2v) is 5.24. The van der Waals surface area contributed by atoms with Crippen molar-refractivity contribution in [2.45, 2.75) is 12.8 Å². The Bertz CT molecular complexity index is 493. The number of benzene rings is 1. The summed E-state index contributed by atoms with van der Waals surface area (Å²) in [5.74, 6) is 0.565. The van der Waals surface area contributed by atoms with Crippen LogP contribution in [0.25, 0.3) is 0 Å². The van der Waals surface area contributed by atoms with Gasteiger partial charge >= 0.3 is 6.03 Å². The van der Waals surface area contributed by atoms with Gasteiger partial charge in [-0.05, 0) is 18.6 Å². The number of para-hydroxylation sites is 2. The summed E-state index contributed by atoms with van der Waals surface area (Å²) in [4.78, 5) is 13.7. The third kappa shape index (κ3) is 4.84. The fourth-order valence-electron chi connectivity index (χ4n) is 2.26. The highest BCUT2D eigenvalue weighted by molar-refractivity contribution is 5.90. The van der Waals surface area contributed by atoms with Gasteiger partial charge in [-0.15, -0.1) is 0 Å². The van der Waals surface area contributed by atoms with Crippen molar-refractivity contribution >= 4 is 11.7 Å². The normalized spacial score (nSPS) is 17.5. The van der Waals surface area contributed by atoms with Gasteiger partial charge in [0.1, 0.15) is 12.4 Å². The van der Waals surface area contributed by atoms with Crippen molar-refractivity contribution in [2.75, 3.05) is 38.7 Å². The van der Waals surface area contributed by atoms with Crippen molar-refractivity contribution in [1.82, 2.24) is 4.90 Å². The van der Waals surface area contributed by atoms with Crippen LogP contribution in [0.1, 0.15) is 6.42 Å². The number of carbonyl (C=O) groups excluding carboxylic acids is 1. The quantitative estimate of drug-likeness (QED) is 0.878. The Morgan fingerprint density at radius 2 is 2.27 bits per heavy atom. The van der Waals surface area contributed by atoms with E-state index in [4.69, 9.17) is 9.47 Å². The van der Waals surface area contributed by atoms with Gasteiger partial charge in [-0.1, -0.05) is 12.1 Å². The number of anilines is 1. The molecule has 1 atom stereocenters. The number of nitrogens with zero attached hydrogens (tertiary/aromatic N) is 1. The van der Waals surface area contributed by atoms with Gasteiger partial charge in [-0.25, -0.2) is 13.6 Å². The topological polar surface area (TPSA) is 50.8 Å². The third-order valence-corrected chi connectivity index (χ3v) is 3.40. The molecule has 1 N–H and O–H groups in total. The molecule has 1 heterocycles. The molecule has 1 aliphatic rings. The maximum atomic E-state index is 12.2. The zero-order chi connectivity index (χ0) is 15.9. The molecule has 1 aromatic rings. The van der Waals surface area contributed by atoms with Gasteiger partial charge in [0.2, 0.25) is 0 Å². The largest absolute Gasteiger partial charge is 0.485 e. The Kier molecular flexibility index (Phi) is 5.94. The predicted octanol–water partition coefficient (Wildman–Crippen LogP) is 2.83. The van der Waals surface area contributed by atoms with E-state index in [9.17, 15) is 13.6 Å². The van der Waals surface area contributed by atoms with Crippen molar-refractivity contribution in [3.8, 4) is 5.75 Å². The molecular weight excluding hydrogens is 294 g/mol. The number of urea groups is 1. The van der Waals surface area contributed by atoms with E-state index in [-0.39, 0.29) is 11.8 Å². The van der Waals surface area contributed by atoms with Crippen molar-refractivity contribution in [3.05, 3.63) is 24.3 Å². The van der Waals surface area contributed by atoms with Gasteiger partial charge in [0.05, 0.1) is 12.3 Å². The van der Waals surface area contributed by atoms with Crippen molar-refractivity contribution in [1.29, 1.82) is 0 Å². The number of hydrogen-bond acceptors (Lipinski definition) is 3. The molecular formula is C15H20F2N2O3. The first-order valence-electron chi connectivity index (χ1n) is 7.16. The number of nitrogens with one attached hydrogen (secondary N) is 1. The average molecular weight is 314 g/mol. The van der Waals surface area contributed by atoms with Crippen molar-refractivity contribution in [2.24, 2.45) is 5.92 Å². The van der Waals surface area contributed by atoms with E-state index < -0.39 is 13.0 Å². The zero-order valence-corrected chi connectivity index (χ0v) is 12.4. The van der Waals surface area contributed by atoms with Crippen LogP contribution in [-0.4, -0.2) is 50.8 Å². The summed E-state index contributed by atoms with van der Waals surface area (Å²) in [6, 6.07) is 6.22. The second-order valence-electron chi connectivity index (χ2n) is 5.24. The first-order chi connectivity index (χ1) is 10.6. The third-order valence-electron chi connectivity index (χ3n) is 3.40. The van der Waals surface area contributed by atoms with E-state index in [0.29, 0.717) is 24.8 Å². The molecule has 0 bridgehead atoms. The van der Waals surface area contributed by atoms with Crippen LogP contribution in [0.3, 0.4) is 0 Å². The molecule has 0 aliphatic carbocycles. The molecule has 0 aromatic heterocycles. The van der Waals surface area contributed by atoms with Crippen LogP contribution in [-0.2, 0) is 4.74 Å². The Labute approximate surface area is 128 Å². The number of carbonyl (C=O) groups is 1. The number of halogens is 2. The van der Waals surface area contributed by atoms with Gasteiger partial charge < -0.3 is 19.7 Å². The molecule has 0 spiro atoms. The number of ether oxygens (including phenoxy) is 2. The number of amides is 2. The SMILES string of the molecule is CN(C[C@H]1CCOC1)C(=O)Nc1ccccc1OCC(F)F. The minimum absolute atomic E-state index is 0.230. The maximum Gasteiger partial charge on any atom is 0.321 e. The lowest BCUT2D eigenvalue weighted by molar-refractivity contribution is 0.0822. The van der Waals surface area contributed by atoms with Crippen LogP contribution in [0.15, 0.2) is 24.3 Å². The lowest BCUT2D eigenvalue weighted by Crippen LogP contribution is -2.35. The molecule has 1 fully saturated rings. The predicted molar refractivity (Wildman–Crippen MR) is 78.5 cm³/mol. The van der Waals surface area contributed by atoms with E-state index in [2.05, 4.69) is 5.32 Å². The second kappa shape index (κ2) is 7.93. The first-order valence-corrected chi connectivity index (χ1v) is 7.16. The molecule has 1 aliphatic heterocycles. The molecule has 0 radical (unpaired) electrons. The minimum atomic E-state index is -2.56. The van der Waals surface area contributed by atoms with Gasteiger partial charge in [0, 0.05) is 26.1 Å². The Morgan fingerprint density at radius 1 is 1.50 bits per heavy atom. The summed E-state index contributed by atoms with van der Waals surface area (Å²) in [5.41, 5.74) is 0.377. The molecule has 22 heavy (non-hydrogen) atoms. The minimum Gasteiger partial charge on any atom is -0.485 e. The smallest absolute Gasteiger partial charge is 0.321 e. The first kappa shape index (κ1) is 16.5. The number of rotatable bonds is 6. The Balaban J connectivity index is 1.92. The van der Waals surface area contributed by atoms with Crippen LogP contribution in [0.2, 0.25) is 0 Å². The summed E-state index contributed by atoms with van der Waals surface area (Å²) in [5, 5.41) is 2.68. The molecule has 1 aromatic carbocycles. The van der Waals surface area contributed by atoms with Gasteiger partial charge in [0.25, 0.3) is 6.43 Å². The van der Waals surface area contributed by atoms with E-state index in [1.54, 1.807) is 36.2 Å². The van der Waals surface area contributed by atoms with E-state index in [0.717, 1.165) is 13.0 Å². The fourth-order valence-corrected chi connectivity index (χ4v) is 2.26. The van der Waals surface area contributed by atoms with E-state index >= 15 is 0 Å². The highest BCUT2D eigenvalue weighted by Crippen LogP contribution is 2.24. The highest BCUT2D eigenvalue weighted by atomic mass is 19.3. The molecule has 0 unspecified atom stereocenters. The average Bonchev–Trinajstić information content (AvgIpc) is 2.99. The molecule has 122 valence electrons. The van der Waals surface area contributed by atoms with Crippen LogP contribution in [0, 0.1) is 5.92 Å². The van der Waals surface area contributed by atoms with Crippen LogP contribution in [0.4, 0.5) is 19.3 Å². The van der Waals surface area contributed by atoms with Crippen molar-refractivity contribution in [3.63, 3.8) is 0 Å². The lowest BCUT2D eigenvalue weighted by Gasteiger charge is -2.21. The van der Waals surface area contributed by atoms with Gasteiger partial charge in [-0.3, -0.25) is 0 Å². The number of hydrogen-bond donors (Lipinski definition) is 1. The molecule has 1 saturated heterocycles. The highest BCUT2D eigenvalue weighted by Gasteiger charge is 2.20. The molecule has 0 saturated carbocycles. The molecule has 2 rings (SSSR count). The standard InChI is InChI=1S/C15H20F2N2O3/c1-19(8-11-6-7-21-9-11)15(20)18-12-4-2-3-5-13(12)22-10-14(16)17/h2-5,11,14H,6-10H2,1H3,(H,18,20)/t11-/m1/s1. The zero-order valence-electron chi connectivity index (χ0n) is 12.4. The van der Waals surface area contributed by atoms with Crippen LogP contribution in [0.5, 0.6) is 5.75 Å². The summed E-state index contributed by atoms with van der Waals surface area (Å²) < 4.78 is 34.8. The van der Waals surface area contributed by atoms with Crippen molar-refractivity contribution < 1.29 is 23.0 Å². The summed E-state index contributed by atoms with van der Waals surface area (Å²) >= 11 is 0. The summed E-state index contributed by atoms with van der Waals surface area (Å²) in [6.07, 6.45) is -1.63. The Morgan fingerprint density at radius 3 is 2.95 bits per heavy atom. The number of alkyl halides is 2. The summed E-state index contributed by atoms with van der Waals surface area (Å²) in [6.45, 7) is 1.27. The Hall–Kier alpha value is -1.89. The summed E-state index contributed by atoms with van der Waals surface area (Å²) in [7, 11) is 1.69. The molecule has 2 amide bonds. The molecule has 7 heteroatoms. The monoisotopic (exact) mass is 314 g/mol. The molecule has 5 nitrogen and oxygen atoms in total. The van der Waals surface area contributed by atoms with Crippen LogP contribution < -0.4 is 10.1 Å². The van der Waals surface area contributed by atoms with E-state index in [1.165, 1.54) is 0 Å². The van der Waals surface area contributed by atoms with E-state index in [1.807, 2.05) is 0 Å². The fraction of sp³-hybridized carbons (Fsp3) is 0.533. The van der Waals surface area contributed by atoms with Crippen LogP contribution >= 0.6 is 0 Å². The maximum absolute atomic E-state index is 12.2. The van der Waals surface area contributed by atoms with Gasteiger partial charge in [-0.2, -0.15) is 0 Å². The van der Waals surface area contributed by atoms with Gasteiger partial charge in [0.15, 0.2) is 0 Å². The lowest BCUT2D eigenvalue weighted by atomic mass is 10.1.